The summed E-state index contributed by atoms with van der Waals surface area (Å²) in [6.07, 6.45) is -15.8. The molecule has 0 amide bonds. The third-order valence-corrected chi connectivity index (χ3v) is 8.53. The van der Waals surface area contributed by atoms with Gasteiger partial charge in [-0.3, -0.25) is 4.55 Å². The maximum absolute atomic E-state index is 14.2. The van der Waals surface area contributed by atoms with Crippen LogP contribution in [0.5, 0.6) is 11.5 Å². The van der Waals surface area contributed by atoms with E-state index in [0.717, 1.165) is 12.1 Å². The summed E-state index contributed by atoms with van der Waals surface area (Å²) in [5.74, 6) is -2.18. The van der Waals surface area contributed by atoms with Crippen molar-refractivity contribution in [1.82, 2.24) is 0 Å². The second kappa shape index (κ2) is 11.7. The summed E-state index contributed by atoms with van der Waals surface area (Å²) in [4.78, 5) is 1.51. The first-order valence-corrected chi connectivity index (χ1v) is 13.9. The second-order valence-electron chi connectivity index (χ2n) is 8.68. The SMILES string of the molecule is CC(O)(COc1cc([S+](c2ccccc2)c2ccccc2)ccc1OC(C(F)(F)F)C(F)(F)S(=O)(=O)O)C(F)(F)F. The third kappa shape index (κ3) is 7.42. The van der Waals surface area contributed by atoms with Crippen molar-refractivity contribution in [2.24, 2.45) is 0 Å². The van der Waals surface area contributed by atoms with E-state index in [1.807, 2.05) is 0 Å². The number of aliphatic hydroxyl groups is 1. The molecule has 2 atom stereocenters. The van der Waals surface area contributed by atoms with E-state index >= 15 is 0 Å². The number of hydrogen-bond acceptors (Lipinski definition) is 5. The highest BCUT2D eigenvalue weighted by Gasteiger charge is 2.65. The third-order valence-electron chi connectivity index (χ3n) is 5.42. The van der Waals surface area contributed by atoms with Crippen molar-refractivity contribution in [3.8, 4) is 11.5 Å². The lowest BCUT2D eigenvalue weighted by Crippen LogP contribution is -2.53. The van der Waals surface area contributed by atoms with Gasteiger partial charge in [0.15, 0.2) is 31.8 Å². The lowest BCUT2D eigenvalue weighted by Gasteiger charge is -2.29. The van der Waals surface area contributed by atoms with Crippen LogP contribution in [0.15, 0.2) is 93.5 Å². The van der Waals surface area contributed by atoms with E-state index in [-0.39, 0.29) is 4.90 Å². The lowest BCUT2D eigenvalue weighted by atomic mass is 10.1. The van der Waals surface area contributed by atoms with Crippen molar-refractivity contribution in [1.29, 1.82) is 0 Å². The van der Waals surface area contributed by atoms with Gasteiger partial charge >= 0.3 is 27.7 Å². The predicted octanol–water partition coefficient (Wildman–Crippen LogP) is 6.26. The monoisotopic (exact) mass is 633 g/mol. The molecule has 0 spiro atoms. The average Bonchev–Trinajstić information content (AvgIpc) is 2.86. The summed E-state index contributed by atoms with van der Waals surface area (Å²) in [5, 5.41) is 3.86. The largest absolute Gasteiger partial charge is 0.486 e. The standard InChI is InChI=1S/C25H20F8O6S2/c1-22(34,25(31,32)33)15-38-20-14-18(40(16-8-4-2-5-9-16)17-10-6-3-7-11-17)12-13-19(20)39-21(23(26,27)28)24(29,30)41(35,36)37/h2-14,21,34H,15H2,1H3/p+1. The Morgan fingerprint density at radius 1 is 0.780 bits per heavy atom. The molecule has 3 aromatic carbocycles. The lowest BCUT2D eigenvalue weighted by molar-refractivity contribution is -0.261. The number of halogens is 8. The maximum atomic E-state index is 14.2. The van der Waals surface area contributed by atoms with Crippen LogP contribution < -0.4 is 9.47 Å². The normalized spacial score (nSPS) is 15.3. The summed E-state index contributed by atoms with van der Waals surface area (Å²) < 4.78 is 149. The smallest absolute Gasteiger partial charge is 0.432 e. The molecule has 0 aliphatic carbocycles. The Kier molecular flexibility index (Phi) is 9.22. The topological polar surface area (TPSA) is 93.1 Å². The van der Waals surface area contributed by atoms with Gasteiger partial charge in [0.25, 0.3) is 6.10 Å². The highest BCUT2D eigenvalue weighted by atomic mass is 32.2. The first-order chi connectivity index (χ1) is 18.8. The van der Waals surface area contributed by atoms with Gasteiger partial charge < -0.3 is 14.6 Å². The Hall–Kier alpha value is -3.08. The van der Waals surface area contributed by atoms with Gasteiger partial charge in [-0.25, -0.2) is 0 Å². The molecule has 2 unspecified atom stereocenters. The molecule has 3 rings (SSSR count). The van der Waals surface area contributed by atoms with Crippen LogP contribution in [0, 0.1) is 0 Å². The molecule has 0 saturated heterocycles. The van der Waals surface area contributed by atoms with Gasteiger partial charge in [0.2, 0.25) is 0 Å². The Labute approximate surface area is 231 Å². The van der Waals surface area contributed by atoms with Crippen molar-refractivity contribution < 1.29 is 62.7 Å². The van der Waals surface area contributed by atoms with Crippen molar-refractivity contribution in [3.63, 3.8) is 0 Å². The van der Waals surface area contributed by atoms with Gasteiger partial charge in [-0.05, 0) is 43.3 Å². The van der Waals surface area contributed by atoms with E-state index in [1.54, 1.807) is 60.7 Å². The maximum Gasteiger partial charge on any atom is 0.432 e. The molecular weight excluding hydrogens is 612 g/mol. The molecule has 0 aliphatic rings. The van der Waals surface area contributed by atoms with Crippen molar-refractivity contribution in [3.05, 3.63) is 78.9 Å². The summed E-state index contributed by atoms with van der Waals surface area (Å²) in [7, 11) is -7.74. The van der Waals surface area contributed by atoms with Gasteiger partial charge in [0.1, 0.15) is 6.61 Å². The van der Waals surface area contributed by atoms with Gasteiger partial charge in [0.05, 0.1) is 10.9 Å². The zero-order chi connectivity index (χ0) is 30.9. The highest BCUT2D eigenvalue weighted by Crippen LogP contribution is 2.43. The van der Waals surface area contributed by atoms with E-state index in [4.69, 9.17) is 9.29 Å². The summed E-state index contributed by atoms with van der Waals surface area (Å²) in [6.45, 7) is -1.30. The molecule has 0 aromatic heterocycles. The van der Waals surface area contributed by atoms with Crippen molar-refractivity contribution in [2.45, 2.75) is 50.9 Å². The van der Waals surface area contributed by atoms with Crippen LogP contribution in [-0.2, 0) is 21.0 Å². The molecular formula is C25H21F8O6S2+. The minimum Gasteiger partial charge on any atom is -0.486 e. The number of alkyl halides is 8. The molecule has 0 saturated carbocycles. The van der Waals surface area contributed by atoms with Crippen LogP contribution >= 0.6 is 0 Å². The molecule has 224 valence electrons. The van der Waals surface area contributed by atoms with Crippen LogP contribution in [0.3, 0.4) is 0 Å². The van der Waals surface area contributed by atoms with E-state index in [9.17, 15) is 48.6 Å². The first-order valence-electron chi connectivity index (χ1n) is 11.2. The summed E-state index contributed by atoms with van der Waals surface area (Å²) in [5.41, 5.74) is -3.54. The van der Waals surface area contributed by atoms with Crippen molar-refractivity contribution >= 4 is 21.0 Å². The molecule has 2 N–H and O–H groups in total. The zero-order valence-electron chi connectivity index (χ0n) is 20.7. The molecule has 41 heavy (non-hydrogen) atoms. The molecule has 0 heterocycles. The zero-order valence-corrected chi connectivity index (χ0v) is 22.3. The molecule has 0 bridgehead atoms. The summed E-state index contributed by atoms with van der Waals surface area (Å²) >= 11 is 0. The Morgan fingerprint density at radius 2 is 1.27 bits per heavy atom. The number of rotatable bonds is 10. The predicted molar refractivity (Wildman–Crippen MR) is 131 cm³/mol. The van der Waals surface area contributed by atoms with Gasteiger partial charge in [-0.15, -0.1) is 0 Å². The Bertz CT molecular complexity index is 1390. The quantitative estimate of drug-likeness (QED) is 0.156. The summed E-state index contributed by atoms with van der Waals surface area (Å²) in [6, 6.07) is 19.7. The van der Waals surface area contributed by atoms with Crippen LogP contribution in [0.4, 0.5) is 35.1 Å². The minimum absolute atomic E-state index is 0.224. The van der Waals surface area contributed by atoms with Gasteiger partial charge in [-0.2, -0.15) is 43.5 Å². The van der Waals surface area contributed by atoms with Gasteiger partial charge in [0, 0.05) is 6.07 Å². The highest BCUT2D eigenvalue weighted by molar-refractivity contribution is 7.97. The van der Waals surface area contributed by atoms with Crippen LogP contribution in [0.1, 0.15) is 6.92 Å². The molecule has 0 radical (unpaired) electrons. The van der Waals surface area contributed by atoms with Crippen molar-refractivity contribution in [2.75, 3.05) is 6.61 Å². The number of ether oxygens (including phenoxy) is 2. The molecule has 3 aromatic rings. The molecule has 0 aliphatic heterocycles. The van der Waals surface area contributed by atoms with E-state index in [1.165, 1.54) is 0 Å². The van der Waals surface area contributed by atoms with Gasteiger partial charge in [-0.1, -0.05) is 36.4 Å². The average molecular weight is 634 g/mol. The fraction of sp³-hybridized carbons (Fsp3) is 0.280. The fourth-order valence-corrected chi connectivity index (χ4v) is 5.79. The van der Waals surface area contributed by atoms with E-state index in [0.29, 0.717) is 22.8 Å². The number of hydrogen-bond donors (Lipinski definition) is 2. The van der Waals surface area contributed by atoms with Crippen LogP contribution in [0.2, 0.25) is 0 Å². The minimum atomic E-state index is -6.67. The molecule has 6 nitrogen and oxygen atoms in total. The Balaban J connectivity index is 2.19. The van der Waals surface area contributed by atoms with Crippen LogP contribution in [0.25, 0.3) is 0 Å². The van der Waals surface area contributed by atoms with Crippen LogP contribution in [-0.4, -0.2) is 54.0 Å². The van der Waals surface area contributed by atoms with E-state index < -0.39 is 68.4 Å². The molecule has 0 fully saturated rings. The van der Waals surface area contributed by atoms with E-state index in [2.05, 4.69) is 4.74 Å². The second-order valence-corrected chi connectivity index (χ2v) is 12.2. The first kappa shape index (κ1) is 32.4. The Morgan fingerprint density at radius 3 is 1.68 bits per heavy atom. The number of benzene rings is 3. The molecule has 16 heteroatoms. The fourth-order valence-electron chi connectivity index (χ4n) is 3.24.